The number of aromatic amines is 1. The van der Waals surface area contributed by atoms with Crippen molar-refractivity contribution >= 4 is 5.82 Å². The van der Waals surface area contributed by atoms with Crippen LogP contribution in [0, 0.1) is 0 Å². The second kappa shape index (κ2) is 3.15. The molecule has 0 radical (unpaired) electrons. The van der Waals surface area contributed by atoms with Crippen LogP contribution in [0.2, 0.25) is 0 Å². The molecule has 0 amide bonds. The highest BCUT2D eigenvalue weighted by Gasteiger charge is 2.19. The van der Waals surface area contributed by atoms with Crippen molar-refractivity contribution < 1.29 is 4.74 Å². The summed E-state index contributed by atoms with van der Waals surface area (Å²) in [4.78, 5) is 2.27. The van der Waals surface area contributed by atoms with Crippen LogP contribution in [0.1, 0.15) is 6.92 Å². The molecule has 2 heterocycles. The number of ether oxygens (including phenoxy) is 1. The van der Waals surface area contributed by atoms with Gasteiger partial charge in [-0.2, -0.15) is 5.10 Å². The molecule has 0 aromatic carbocycles. The lowest BCUT2D eigenvalue weighted by atomic mass is 10.2. The third-order valence-corrected chi connectivity index (χ3v) is 2.16. The van der Waals surface area contributed by atoms with Gasteiger partial charge >= 0.3 is 0 Å². The highest BCUT2D eigenvalue weighted by molar-refractivity contribution is 5.38. The van der Waals surface area contributed by atoms with Gasteiger partial charge < -0.3 is 9.64 Å². The Hall–Kier alpha value is -1.03. The normalized spacial score (nSPS) is 24.4. The van der Waals surface area contributed by atoms with Crippen LogP contribution in [0.3, 0.4) is 0 Å². The minimum atomic E-state index is 0.444. The molecule has 1 aliphatic heterocycles. The molecular weight excluding hydrogens is 154 g/mol. The SMILES string of the molecule is C[C@@H]1COCCN1c1ccn[nH]1. The minimum Gasteiger partial charge on any atom is -0.377 e. The Morgan fingerprint density at radius 1 is 1.75 bits per heavy atom. The van der Waals surface area contributed by atoms with Crippen LogP contribution in [-0.4, -0.2) is 36.0 Å². The summed E-state index contributed by atoms with van der Waals surface area (Å²) in [7, 11) is 0. The predicted octanol–water partition coefficient (Wildman–Crippen LogP) is 0.635. The molecule has 2 rings (SSSR count). The molecule has 0 aliphatic carbocycles. The zero-order valence-electron chi connectivity index (χ0n) is 7.16. The lowest BCUT2D eigenvalue weighted by molar-refractivity contribution is 0.0985. The van der Waals surface area contributed by atoms with Crippen LogP contribution in [0.15, 0.2) is 12.3 Å². The maximum atomic E-state index is 5.33. The molecule has 0 unspecified atom stereocenters. The largest absolute Gasteiger partial charge is 0.377 e. The Morgan fingerprint density at radius 3 is 3.33 bits per heavy atom. The third-order valence-electron chi connectivity index (χ3n) is 2.16. The molecule has 1 aromatic heterocycles. The van der Waals surface area contributed by atoms with Crippen LogP contribution in [0.4, 0.5) is 5.82 Å². The zero-order chi connectivity index (χ0) is 8.39. The average molecular weight is 167 g/mol. The van der Waals surface area contributed by atoms with Gasteiger partial charge in [0, 0.05) is 12.6 Å². The molecule has 1 N–H and O–H groups in total. The maximum Gasteiger partial charge on any atom is 0.124 e. The van der Waals surface area contributed by atoms with Gasteiger partial charge in [0.15, 0.2) is 0 Å². The first-order valence-electron chi connectivity index (χ1n) is 4.21. The quantitative estimate of drug-likeness (QED) is 0.667. The summed E-state index contributed by atoms with van der Waals surface area (Å²) in [5, 5.41) is 6.88. The summed E-state index contributed by atoms with van der Waals surface area (Å²) in [6.07, 6.45) is 1.78. The van der Waals surface area contributed by atoms with Gasteiger partial charge in [0.2, 0.25) is 0 Å². The Balaban J connectivity index is 2.11. The van der Waals surface area contributed by atoms with Gasteiger partial charge in [-0.25, -0.2) is 0 Å². The van der Waals surface area contributed by atoms with Gasteiger partial charge in [-0.15, -0.1) is 0 Å². The number of anilines is 1. The predicted molar refractivity (Wildman–Crippen MR) is 46.2 cm³/mol. The van der Waals surface area contributed by atoms with Crippen molar-refractivity contribution in [2.24, 2.45) is 0 Å². The topological polar surface area (TPSA) is 41.1 Å². The van der Waals surface area contributed by atoms with E-state index in [9.17, 15) is 0 Å². The van der Waals surface area contributed by atoms with Crippen LogP contribution < -0.4 is 4.90 Å². The molecule has 0 spiro atoms. The molecule has 1 saturated heterocycles. The van der Waals surface area contributed by atoms with Crippen molar-refractivity contribution in [1.82, 2.24) is 10.2 Å². The number of nitrogens with one attached hydrogen (secondary N) is 1. The Labute approximate surface area is 71.5 Å². The second-order valence-electron chi connectivity index (χ2n) is 3.06. The van der Waals surface area contributed by atoms with E-state index in [2.05, 4.69) is 22.0 Å². The third kappa shape index (κ3) is 1.30. The Morgan fingerprint density at radius 2 is 2.67 bits per heavy atom. The first-order chi connectivity index (χ1) is 5.88. The first kappa shape index (κ1) is 7.61. The van der Waals surface area contributed by atoms with E-state index in [0.29, 0.717) is 6.04 Å². The molecule has 1 aromatic rings. The summed E-state index contributed by atoms with van der Waals surface area (Å²) >= 11 is 0. The maximum absolute atomic E-state index is 5.33. The molecule has 4 heteroatoms. The molecule has 4 nitrogen and oxygen atoms in total. The minimum absolute atomic E-state index is 0.444. The molecule has 1 aliphatic rings. The molecule has 66 valence electrons. The summed E-state index contributed by atoms with van der Waals surface area (Å²) in [6.45, 7) is 4.71. The van der Waals surface area contributed by atoms with E-state index in [0.717, 1.165) is 25.6 Å². The Kier molecular flexibility index (Phi) is 1.99. The standard InChI is InChI=1S/C8H13N3O/c1-7-6-12-5-4-11(7)8-2-3-9-10-8/h2-3,7H,4-6H2,1H3,(H,9,10)/t7-/m1/s1. The number of hydrogen-bond acceptors (Lipinski definition) is 3. The molecular formula is C8H13N3O. The van der Waals surface area contributed by atoms with Gasteiger partial charge in [-0.3, -0.25) is 5.10 Å². The second-order valence-corrected chi connectivity index (χ2v) is 3.06. The number of morpholine rings is 1. The van der Waals surface area contributed by atoms with E-state index in [1.807, 2.05) is 6.07 Å². The number of rotatable bonds is 1. The monoisotopic (exact) mass is 167 g/mol. The summed E-state index contributed by atoms with van der Waals surface area (Å²) < 4.78 is 5.33. The molecule has 1 atom stereocenters. The van der Waals surface area contributed by atoms with Gasteiger partial charge in [-0.1, -0.05) is 0 Å². The molecule has 12 heavy (non-hydrogen) atoms. The van der Waals surface area contributed by atoms with Crippen molar-refractivity contribution in [1.29, 1.82) is 0 Å². The van der Waals surface area contributed by atoms with Crippen LogP contribution in [0.25, 0.3) is 0 Å². The summed E-state index contributed by atoms with van der Waals surface area (Å²) in [6, 6.07) is 2.43. The van der Waals surface area contributed by atoms with E-state index in [1.54, 1.807) is 6.20 Å². The lowest BCUT2D eigenvalue weighted by Gasteiger charge is -2.33. The number of H-pyrrole nitrogens is 1. The first-order valence-corrected chi connectivity index (χ1v) is 4.21. The fourth-order valence-electron chi connectivity index (χ4n) is 1.49. The number of hydrogen-bond donors (Lipinski definition) is 1. The average Bonchev–Trinajstić information content (AvgIpc) is 2.57. The van der Waals surface area contributed by atoms with Crippen LogP contribution in [0.5, 0.6) is 0 Å². The van der Waals surface area contributed by atoms with Crippen molar-refractivity contribution in [2.75, 3.05) is 24.7 Å². The van der Waals surface area contributed by atoms with E-state index < -0.39 is 0 Å². The zero-order valence-corrected chi connectivity index (χ0v) is 7.16. The van der Waals surface area contributed by atoms with Crippen molar-refractivity contribution in [3.8, 4) is 0 Å². The fourth-order valence-corrected chi connectivity index (χ4v) is 1.49. The lowest BCUT2D eigenvalue weighted by Crippen LogP contribution is -2.43. The summed E-state index contributed by atoms with van der Waals surface area (Å²) in [5.74, 6) is 1.09. The highest BCUT2D eigenvalue weighted by Crippen LogP contribution is 2.15. The summed E-state index contributed by atoms with van der Waals surface area (Å²) in [5.41, 5.74) is 0. The van der Waals surface area contributed by atoms with E-state index >= 15 is 0 Å². The van der Waals surface area contributed by atoms with E-state index in [1.165, 1.54) is 0 Å². The van der Waals surface area contributed by atoms with E-state index in [-0.39, 0.29) is 0 Å². The molecule has 0 saturated carbocycles. The van der Waals surface area contributed by atoms with Crippen LogP contribution in [-0.2, 0) is 4.74 Å². The van der Waals surface area contributed by atoms with Crippen molar-refractivity contribution in [2.45, 2.75) is 13.0 Å². The van der Waals surface area contributed by atoms with Gasteiger partial charge in [0.05, 0.1) is 25.5 Å². The van der Waals surface area contributed by atoms with Crippen molar-refractivity contribution in [3.05, 3.63) is 12.3 Å². The van der Waals surface area contributed by atoms with Crippen LogP contribution >= 0.6 is 0 Å². The van der Waals surface area contributed by atoms with E-state index in [4.69, 9.17) is 4.74 Å². The number of nitrogens with zero attached hydrogens (tertiary/aromatic N) is 2. The highest BCUT2D eigenvalue weighted by atomic mass is 16.5. The molecule has 0 bridgehead atoms. The fraction of sp³-hybridized carbons (Fsp3) is 0.625. The van der Waals surface area contributed by atoms with Gasteiger partial charge in [0.25, 0.3) is 0 Å². The smallest absolute Gasteiger partial charge is 0.124 e. The molecule has 1 fully saturated rings. The van der Waals surface area contributed by atoms with Crippen molar-refractivity contribution in [3.63, 3.8) is 0 Å². The van der Waals surface area contributed by atoms with Gasteiger partial charge in [0.1, 0.15) is 5.82 Å². The number of aromatic nitrogens is 2. The van der Waals surface area contributed by atoms with Gasteiger partial charge in [-0.05, 0) is 6.92 Å². The Bertz CT molecular complexity index is 234.